The number of hydrogen-bond donors (Lipinski definition) is 1. The molecular weight excluding hydrogens is 408 g/mol. The monoisotopic (exact) mass is 426 g/mol. The lowest BCUT2D eigenvalue weighted by molar-refractivity contribution is 0.102. The van der Waals surface area contributed by atoms with Gasteiger partial charge >= 0.3 is 0 Å². The molecule has 1 aliphatic heterocycles. The van der Waals surface area contributed by atoms with Gasteiger partial charge in [0.05, 0.1) is 11.6 Å². The average Bonchev–Trinajstić information content (AvgIpc) is 3.25. The van der Waals surface area contributed by atoms with Gasteiger partial charge in [-0.25, -0.2) is 14.6 Å². The minimum atomic E-state index is -0.154. The lowest BCUT2D eigenvalue weighted by atomic mass is 10.0. The largest absolute Gasteiger partial charge is 0.356 e. The van der Waals surface area contributed by atoms with Crippen molar-refractivity contribution in [3.63, 3.8) is 0 Å². The van der Waals surface area contributed by atoms with E-state index in [9.17, 15) is 4.79 Å². The second-order valence-electron chi connectivity index (χ2n) is 6.43. The first-order valence-corrected chi connectivity index (χ1v) is 9.61. The third-order valence-corrected chi connectivity index (χ3v) is 5.24. The van der Waals surface area contributed by atoms with Crippen molar-refractivity contribution in [1.82, 2.24) is 19.7 Å². The molecule has 1 saturated heterocycles. The molecule has 4 rings (SSSR count). The summed E-state index contributed by atoms with van der Waals surface area (Å²) in [7, 11) is 0. The molecule has 0 spiro atoms. The lowest BCUT2D eigenvalue weighted by Crippen LogP contribution is -2.36. The molecule has 1 aliphatic rings. The quantitative estimate of drug-likeness (QED) is 0.690. The highest BCUT2D eigenvalue weighted by Crippen LogP contribution is 2.27. The average molecular weight is 427 g/mol. The first-order valence-electron chi connectivity index (χ1n) is 8.82. The normalized spacial score (nSPS) is 14.9. The topological polar surface area (TPSA) is 75.9 Å². The molecule has 3 aromatic rings. The fourth-order valence-electron chi connectivity index (χ4n) is 3.31. The van der Waals surface area contributed by atoms with Crippen LogP contribution in [0.25, 0.3) is 0 Å². The highest BCUT2D eigenvalue weighted by Gasteiger charge is 2.25. The van der Waals surface area contributed by atoms with Gasteiger partial charge in [0.2, 0.25) is 0 Å². The molecule has 8 heteroatoms. The number of anilines is 2. The van der Waals surface area contributed by atoms with Gasteiger partial charge in [-0.1, -0.05) is 15.9 Å². The zero-order valence-electron chi connectivity index (χ0n) is 14.6. The van der Waals surface area contributed by atoms with Crippen LogP contribution in [0.2, 0.25) is 0 Å². The lowest BCUT2D eigenvalue weighted by Gasteiger charge is -2.33. The van der Waals surface area contributed by atoms with E-state index in [1.165, 1.54) is 0 Å². The summed E-state index contributed by atoms with van der Waals surface area (Å²) >= 11 is 3.40. The van der Waals surface area contributed by atoms with E-state index in [-0.39, 0.29) is 5.91 Å². The van der Waals surface area contributed by atoms with E-state index in [4.69, 9.17) is 0 Å². The molecule has 27 heavy (non-hydrogen) atoms. The summed E-state index contributed by atoms with van der Waals surface area (Å²) in [6, 6.07) is 11.5. The highest BCUT2D eigenvalue weighted by molar-refractivity contribution is 9.10. The number of carbonyl (C=O) groups is 1. The Morgan fingerprint density at radius 3 is 2.63 bits per heavy atom. The predicted molar refractivity (Wildman–Crippen MR) is 107 cm³/mol. The Hall–Kier alpha value is -2.74. The number of piperidine rings is 1. The summed E-state index contributed by atoms with van der Waals surface area (Å²) in [5.41, 5.74) is 1.34. The first kappa shape index (κ1) is 17.7. The minimum absolute atomic E-state index is 0.154. The highest BCUT2D eigenvalue weighted by atomic mass is 79.9. The molecule has 138 valence electrons. The third kappa shape index (κ3) is 4.00. The molecule has 3 heterocycles. The van der Waals surface area contributed by atoms with Crippen molar-refractivity contribution in [1.29, 1.82) is 0 Å². The molecule has 7 nitrogen and oxygen atoms in total. The summed E-state index contributed by atoms with van der Waals surface area (Å²) in [6.45, 7) is 1.64. The Balaban J connectivity index is 1.48. The maximum absolute atomic E-state index is 12.8. The molecule has 1 aromatic carbocycles. The molecule has 0 radical (unpaired) electrons. The molecule has 1 amide bonds. The standard InChI is InChI=1S/C19H19BrN6O/c20-14-3-5-15(6-4-14)24-19(27)17-2-1-9-22-18(17)25-10-7-16(8-11-25)26-13-21-12-23-26/h1-6,9,12-13,16H,7-8,10-11H2,(H,24,27). The molecule has 1 N–H and O–H groups in total. The summed E-state index contributed by atoms with van der Waals surface area (Å²) in [5, 5.41) is 7.19. The van der Waals surface area contributed by atoms with Gasteiger partial charge in [-0.05, 0) is 49.2 Å². The second-order valence-corrected chi connectivity index (χ2v) is 7.34. The van der Waals surface area contributed by atoms with Crippen molar-refractivity contribution in [2.75, 3.05) is 23.3 Å². The fraction of sp³-hybridized carbons (Fsp3) is 0.263. The maximum atomic E-state index is 12.8. The number of nitrogens with one attached hydrogen (secondary N) is 1. The molecule has 0 atom stereocenters. The van der Waals surface area contributed by atoms with Crippen molar-refractivity contribution in [2.45, 2.75) is 18.9 Å². The summed E-state index contributed by atoms with van der Waals surface area (Å²) in [4.78, 5) is 23.5. The zero-order valence-corrected chi connectivity index (χ0v) is 16.2. The molecule has 2 aromatic heterocycles. The number of nitrogens with zero attached hydrogens (tertiary/aromatic N) is 5. The van der Waals surface area contributed by atoms with Gasteiger partial charge in [0.15, 0.2) is 0 Å². The number of rotatable bonds is 4. The molecule has 1 fully saturated rings. The first-order chi connectivity index (χ1) is 13.2. The molecule has 0 unspecified atom stereocenters. The molecule has 0 aliphatic carbocycles. The van der Waals surface area contributed by atoms with Crippen LogP contribution in [0.1, 0.15) is 29.2 Å². The zero-order chi connectivity index (χ0) is 18.6. The van der Waals surface area contributed by atoms with Crippen molar-refractivity contribution >= 4 is 33.3 Å². The van der Waals surface area contributed by atoms with Crippen LogP contribution in [-0.2, 0) is 0 Å². The van der Waals surface area contributed by atoms with Crippen molar-refractivity contribution in [3.8, 4) is 0 Å². The van der Waals surface area contributed by atoms with Gasteiger partial charge < -0.3 is 10.2 Å². The number of benzene rings is 1. The Bertz CT molecular complexity index is 904. The van der Waals surface area contributed by atoms with E-state index in [1.54, 1.807) is 24.9 Å². The summed E-state index contributed by atoms with van der Waals surface area (Å²) in [5.74, 6) is 0.572. The number of carbonyl (C=O) groups excluding carboxylic acids is 1. The van der Waals surface area contributed by atoms with Crippen LogP contribution in [0.5, 0.6) is 0 Å². The smallest absolute Gasteiger partial charge is 0.259 e. The van der Waals surface area contributed by atoms with Crippen LogP contribution in [0.4, 0.5) is 11.5 Å². The van der Waals surface area contributed by atoms with E-state index in [0.717, 1.165) is 41.9 Å². The van der Waals surface area contributed by atoms with Gasteiger partial charge in [-0.15, -0.1) is 0 Å². The van der Waals surface area contributed by atoms with Gasteiger partial charge in [-0.2, -0.15) is 5.10 Å². The SMILES string of the molecule is O=C(Nc1ccc(Br)cc1)c1cccnc1N1CCC(n2cncn2)CC1. The van der Waals surface area contributed by atoms with Crippen LogP contribution in [-0.4, -0.2) is 38.7 Å². The van der Waals surface area contributed by atoms with E-state index in [0.29, 0.717) is 11.6 Å². The van der Waals surface area contributed by atoms with E-state index in [1.807, 2.05) is 35.0 Å². The maximum Gasteiger partial charge on any atom is 0.259 e. The number of pyridine rings is 1. The van der Waals surface area contributed by atoms with E-state index < -0.39 is 0 Å². The van der Waals surface area contributed by atoms with Crippen LogP contribution in [0, 0.1) is 0 Å². The molecule has 0 bridgehead atoms. The van der Waals surface area contributed by atoms with Crippen LogP contribution in [0.15, 0.2) is 59.7 Å². The van der Waals surface area contributed by atoms with E-state index in [2.05, 4.69) is 41.2 Å². The van der Waals surface area contributed by atoms with Crippen LogP contribution >= 0.6 is 15.9 Å². The van der Waals surface area contributed by atoms with Gasteiger partial charge in [0.25, 0.3) is 5.91 Å². The Labute approximate surface area is 165 Å². The number of halogens is 1. The van der Waals surface area contributed by atoms with Crippen molar-refractivity contribution in [2.24, 2.45) is 0 Å². The Morgan fingerprint density at radius 2 is 1.93 bits per heavy atom. The van der Waals surface area contributed by atoms with Crippen LogP contribution < -0.4 is 10.2 Å². The fourth-order valence-corrected chi connectivity index (χ4v) is 3.57. The Kier molecular flexibility index (Phi) is 5.15. The van der Waals surface area contributed by atoms with Gasteiger partial charge in [0, 0.05) is 29.4 Å². The van der Waals surface area contributed by atoms with Crippen molar-refractivity contribution in [3.05, 3.63) is 65.3 Å². The Morgan fingerprint density at radius 1 is 1.15 bits per heavy atom. The van der Waals surface area contributed by atoms with Gasteiger partial charge in [-0.3, -0.25) is 4.79 Å². The van der Waals surface area contributed by atoms with E-state index >= 15 is 0 Å². The number of aromatic nitrogens is 4. The van der Waals surface area contributed by atoms with Gasteiger partial charge in [0.1, 0.15) is 18.5 Å². The predicted octanol–water partition coefficient (Wildman–Crippen LogP) is 3.53. The molecule has 0 saturated carbocycles. The minimum Gasteiger partial charge on any atom is -0.356 e. The number of amides is 1. The summed E-state index contributed by atoms with van der Waals surface area (Å²) in [6.07, 6.45) is 6.94. The summed E-state index contributed by atoms with van der Waals surface area (Å²) < 4.78 is 2.88. The third-order valence-electron chi connectivity index (χ3n) is 4.71. The molecular formula is C19H19BrN6O. The van der Waals surface area contributed by atoms with Crippen LogP contribution in [0.3, 0.4) is 0 Å². The second kappa shape index (κ2) is 7.87. The number of hydrogen-bond acceptors (Lipinski definition) is 5. The van der Waals surface area contributed by atoms with Crippen molar-refractivity contribution < 1.29 is 4.79 Å².